The zero-order chi connectivity index (χ0) is 13.9. The van der Waals surface area contributed by atoms with E-state index >= 15 is 0 Å². The van der Waals surface area contributed by atoms with Crippen LogP contribution in [0.2, 0.25) is 0 Å². The molecule has 96 valence electrons. The van der Waals surface area contributed by atoms with E-state index in [1.807, 2.05) is 0 Å². The van der Waals surface area contributed by atoms with Crippen molar-refractivity contribution in [1.29, 1.82) is 5.26 Å². The molecule has 3 aromatic rings. The Labute approximate surface area is 114 Å². The van der Waals surface area contributed by atoms with Crippen molar-refractivity contribution in [2.24, 2.45) is 0 Å². The molecule has 0 atom stereocenters. The number of hydrogen-bond acceptors (Lipinski definition) is 7. The molecule has 0 aliphatic heterocycles. The van der Waals surface area contributed by atoms with E-state index in [9.17, 15) is 0 Å². The largest absolute Gasteiger partial charge is 0.382 e. The van der Waals surface area contributed by atoms with Crippen LogP contribution in [-0.2, 0) is 0 Å². The normalized spacial score (nSPS) is 10.2. The number of aromatic nitrogens is 4. The van der Waals surface area contributed by atoms with Crippen LogP contribution in [0.4, 0.5) is 17.3 Å². The highest BCUT2D eigenvalue weighted by molar-refractivity contribution is 5.92. The van der Waals surface area contributed by atoms with Crippen LogP contribution in [-0.4, -0.2) is 19.9 Å². The smallest absolute Gasteiger partial charge is 0.160 e. The molecule has 0 amide bonds. The van der Waals surface area contributed by atoms with Crippen molar-refractivity contribution in [1.82, 2.24) is 19.9 Å². The van der Waals surface area contributed by atoms with Gasteiger partial charge in [0.2, 0.25) is 0 Å². The van der Waals surface area contributed by atoms with Crippen LogP contribution in [0.1, 0.15) is 5.56 Å². The highest BCUT2D eigenvalue weighted by atomic mass is 15.1. The molecule has 0 fully saturated rings. The first kappa shape index (κ1) is 11.8. The Morgan fingerprint density at radius 1 is 0.950 bits per heavy atom. The number of nitriles is 1. The Hall–Kier alpha value is -3.27. The summed E-state index contributed by atoms with van der Waals surface area (Å²) in [7, 11) is 0. The molecule has 0 saturated heterocycles. The maximum atomic E-state index is 8.77. The van der Waals surface area contributed by atoms with Crippen molar-refractivity contribution < 1.29 is 0 Å². The van der Waals surface area contributed by atoms with Gasteiger partial charge in [-0.1, -0.05) is 0 Å². The van der Waals surface area contributed by atoms with Crippen molar-refractivity contribution in [3.05, 3.63) is 42.5 Å². The fourth-order valence-electron chi connectivity index (χ4n) is 1.75. The molecule has 2 heterocycles. The monoisotopic (exact) mass is 263 g/mol. The van der Waals surface area contributed by atoms with Gasteiger partial charge in [-0.2, -0.15) is 5.26 Å². The molecule has 20 heavy (non-hydrogen) atoms. The fourth-order valence-corrected chi connectivity index (χ4v) is 1.75. The Kier molecular flexibility index (Phi) is 2.82. The van der Waals surface area contributed by atoms with Gasteiger partial charge in [0, 0.05) is 5.69 Å². The summed E-state index contributed by atoms with van der Waals surface area (Å²) in [6.07, 6.45) is 2.76. The number of rotatable bonds is 2. The summed E-state index contributed by atoms with van der Waals surface area (Å²) in [6.45, 7) is 0. The molecule has 0 unspecified atom stereocenters. The van der Waals surface area contributed by atoms with E-state index in [2.05, 4.69) is 31.3 Å². The summed E-state index contributed by atoms with van der Waals surface area (Å²) in [5.41, 5.74) is 8.18. The zero-order valence-electron chi connectivity index (χ0n) is 10.3. The second kappa shape index (κ2) is 4.78. The number of nitrogens with one attached hydrogen (secondary N) is 1. The van der Waals surface area contributed by atoms with Gasteiger partial charge in [-0.25, -0.2) is 19.9 Å². The lowest BCUT2D eigenvalue weighted by molar-refractivity contribution is 1.15. The first-order valence-corrected chi connectivity index (χ1v) is 5.76. The number of nitrogen functional groups attached to an aromatic ring is 1. The topological polar surface area (TPSA) is 113 Å². The Morgan fingerprint density at radius 2 is 1.65 bits per heavy atom. The van der Waals surface area contributed by atoms with Crippen LogP contribution in [0.15, 0.2) is 36.9 Å². The summed E-state index contributed by atoms with van der Waals surface area (Å²) >= 11 is 0. The molecular weight excluding hydrogens is 254 g/mol. The number of benzene rings is 1. The molecule has 0 radical (unpaired) electrons. The molecule has 1 aromatic carbocycles. The second-order valence-corrected chi connectivity index (χ2v) is 3.99. The van der Waals surface area contributed by atoms with Gasteiger partial charge in [-0.15, -0.1) is 0 Å². The molecule has 0 spiro atoms. The quantitative estimate of drug-likeness (QED) is 0.722. The average Bonchev–Trinajstić information content (AvgIpc) is 2.49. The Balaban J connectivity index is 2.02. The maximum absolute atomic E-state index is 8.77. The van der Waals surface area contributed by atoms with Crippen LogP contribution in [0, 0.1) is 11.3 Å². The van der Waals surface area contributed by atoms with Crippen LogP contribution >= 0.6 is 0 Å². The predicted molar refractivity (Wildman–Crippen MR) is 74.0 cm³/mol. The molecule has 3 rings (SSSR count). The van der Waals surface area contributed by atoms with E-state index < -0.39 is 0 Å². The van der Waals surface area contributed by atoms with Crippen molar-refractivity contribution in [3.63, 3.8) is 0 Å². The standard InChI is InChI=1S/C13H9N7/c14-5-8-1-3-9(4-2-8)20-13-11-10(16-7-19-13)12(15)18-6-17-11/h1-4,6-7H,(H2,15,17,18)(H,16,19,20). The first-order chi connectivity index (χ1) is 9.78. The lowest BCUT2D eigenvalue weighted by atomic mass is 10.2. The van der Waals surface area contributed by atoms with E-state index in [4.69, 9.17) is 11.0 Å². The van der Waals surface area contributed by atoms with Gasteiger partial charge in [0.1, 0.15) is 23.7 Å². The van der Waals surface area contributed by atoms with Crippen LogP contribution in [0.5, 0.6) is 0 Å². The zero-order valence-corrected chi connectivity index (χ0v) is 10.3. The van der Waals surface area contributed by atoms with E-state index in [1.165, 1.54) is 12.7 Å². The fraction of sp³-hybridized carbons (Fsp3) is 0. The third-order valence-electron chi connectivity index (χ3n) is 2.73. The number of hydrogen-bond donors (Lipinski definition) is 2. The van der Waals surface area contributed by atoms with E-state index in [0.717, 1.165) is 5.69 Å². The summed E-state index contributed by atoms with van der Waals surface area (Å²) < 4.78 is 0. The third-order valence-corrected chi connectivity index (χ3v) is 2.73. The molecule has 7 heteroatoms. The summed E-state index contributed by atoms with van der Waals surface area (Å²) in [5.74, 6) is 0.842. The highest BCUT2D eigenvalue weighted by Gasteiger charge is 2.08. The van der Waals surface area contributed by atoms with E-state index in [1.54, 1.807) is 24.3 Å². The van der Waals surface area contributed by atoms with Gasteiger partial charge >= 0.3 is 0 Å². The minimum atomic E-state index is 0.306. The second-order valence-electron chi connectivity index (χ2n) is 3.99. The lowest BCUT2D eigenvalue weighted by Gasteiger charge is -2.07. The highest BCUT2D eigenvalue weighted by Crippen LogP contribution is 2.22. The Bertz CT molecular complexity index is 805. The summed E-state index contributed by atoms with van der Waals surface area (Å²) in [4.78, 5) is 16.3. The first-order valence-electron chi connectivity index (χ1n) is 5.76. The SMILES string of the molecule is N#Cc1ccc(Nc2ncnc3c(N)ncnc23)cc1. The van der Waals surface area contributed by atoms with Crippen molar-refractivity contribution in [2.75, 3.05) is 11.1 Å². The van der Waals surface area contributed by atoms with Crippen molar-refractivity contribution >= 4 is 28.4 Å². The molecule has 0 saturated carbocycles. The van der Waals surface area contributed by atoms with Gasteiger partial charge in [0.05, 0.1) is 11.6 Å². The molecular formula is C13H9N7. The molecule has 7 nitrogen and oxygen atoms in total. The van der Waals surface area contributed by atoms with Crippen molar-refractivity contribution in [3.8, 4) is 6.07 Å². The van der Waals surface area contributed by atoms with Gasteiger partial charge in [-0.05, 0) is 24.3 Å². The minimum Gasteiger partial charge on any atom is -0.382 e. The predicted octanol–water partition coefficient (Wildman–Crippen LogP) is 1.62. The third kappa shape index (κ3) is 2.06. The summed E-state index contributed by atoms with van der Waals surface area (Å²) in [6, 6.07) is 9.08. The van der Waals surface area contributed by atoms with Gasteiger partial charge in [0.25, 0.3) is 0 Å². The Morgan fingerprint density at radius 3 is 2.40 bits per heavy atom. The maximum Gasteiger partial charge on any atom is 0.160 e. The molecule has 0 aliphatic carbocycles. The van der Waals surface area contributed by atoms with Crippen molar-refractivity contribution in [2.45, 2.75) is 0 Å². The number of fused-ring (bicyclic) bond motifs is 1. The molecule has 0 bridgehead atoms. The number of nitrogens with two attached hydrogens (primary N) is 1. The minimum absolute atomic E-state index is 0.306. The van der Waals surface area contributed by atoms with Gasteiger partial charge in [0.15, 0.2) is 11.6 Å². The van der Waals surface area contributed by atoms with Crippen LogP contribution in [0.3, 0.4) is 0 Å². The van der Waals surface area contributed by atoms with E-state index in [-0.39, 0.29) is 0 Å². The van der Waals surface area contributed by atoms with Gasteiger partial charge in [-0.3, -0.25) is 0 Å². The van der Waals surface area contributed by atoms with Gasteiger partial charge < -0.3 is 11.1 Å². The van der Waals surface area contributed by atoms with E-state index in [0.29, 0.717) is 28.2 Å². The summed E-state index contributed by atoms with van der Waals surface area (Å²) in [5, 5.41) is 11.9. The van der Waals surface area contributed by atoms with Crippen LogP contribution in [0.25, 0.3) is 11.0 Å². The lowest BCUT2D eigenvalue weighted by Crippen LogP contribution is -2.01. The molecule has 2 aromatic heterocycles. The number of anilines is 3. The molecule has 0 aliphatic rings. The molecule has 3 N–H and O–H groups in total. The van der Waals surface area contributed by atoms with Crippen LogP contribution < -0.4 is 11.1 Å². The average molecular weight is 263 g/mol. The number of nitrogens with zero attached hydrogens (tertiary/aromatic N) is 5.